The molecule has 72 valence electrons. The van der Waals surface area contributed by atoms with Crippen LogP contribution < -0.4 is 0 Å². The highest BCUT2D eigenvalue weighted by molar-refractivity contribution is 6.64. The molecular weight excluding hydrogens is 203 g/mol. The van der Waals surface area contributed by atoms with E-state index in [2.05, 4.69) is 0 Å². The summed E-state index contributed by atoms with van der Waals surface area (Å²) in [5, 5.41) is -0.365. The third-order valence-electron chi connectivity index (χ3n) is 2.35. The van der Waals surface area contributed by atoms with E-state index in [9.17, 15) is 9.18 Å². The molecule has 1 aliphatic rings. The first-order valence-corrected chi connectivity index (χ1v) is 4.70. The zero-order chi connectivity index (χ0) is 10.1. The van der Waals surface area contributed by atoms with Gasteiger partial charge in [0.05, 0.1) is 5.92 Å². The molecule has 0 saturated carbocycles. The molecule has 1 aromatic rings. The normalized spacial score (nSPS) is 19.1. The Morgan fingerprint density at radius 3 is 3.00 bits per heavy atom. The number of allylic oxidation sites excluding steroid dienone is 1. The van der Waals surface area contributed by atoms with Gasteiger partial charge in [-0.15, -0.1) is 0 Å². The van der Waals surface area contributed by atoms with Gasteiger partial charge in [0.25, 0.3) is 0 Å². The van der Waals surface area contributed by atoms with Crippen molar-refractivity contribution >= 4 is 22.9 Å². The lowest BCUT2D eigenvalue weighted by molar-refractivity contribution is -0.113. The van der Waals surface area contributed by atoms with Gasteiger partial charge >= 0.3 is 0 Å². The molecule has 1 nitrogen and oxygen atoms in total. The minimum atomic E-state index is -0.365. The Morgan fingerprint density at radius 1 is 1.50 bits per heavy atom. The van der Waals surface area contributed by atoms with E-state index in [0.717, 1.165) is 11.1 Å². The fourth-order valence-electron chi connectivity index (χ4n) is 1.59. The van der Waals surface area contributed by atoms with Crippen molar-refractivity contribution in [2.24, 2.45) is 5.92 Å². The summed E-state index contributed by atoms with van der Waals surface area (Å²) in [5.74, 6) is -0.529. The van der Waals surface area contributed by atoms with Crippen LogP contribution in [-0.2, 0) is 11.2 Å². The molecule has 0 N–H and O–H groups in total. The van der Waals surface area contributed by atoms with Gasteiger partial charge in [0.2, 0.25) is 5.24 Å². The molecule has 0 bridgehead atoms. The van der Waals surface area contributed by atoms with Crippen LogP contribution in [0.4, 0.5) is 4.39 Å². The van der Waals surface area contributed by atoms with Crippen molar-refractivity contribution in [3.8, 4) is 0 Å². The molecule has 1 aromatic carbocycles. The van der Waals surface area contributed by atoms with Crippen LogP contribution in [0.5, 0.6) is 0 Å². The topological polar surface area (TPSA) is 17.1 Å². The smallest absolute Gasteiger partial charge is 0.228 e. The van der Waals surface area contributed by atoms with Crippen LogP contribution in [0.1, 0.15) is 11.1 Å². The summed E-state index contributed by atoms with van der Waals surface area (Å²) >= 11 is 5.39. The highest BCUT2D eigenvalue weighted by atomic mass is 35.5. The summed E-state index contributed by atoms with van der Waals surface area (Å²) in [6, 6.07) is 4.55. The number of rotatable bonds is 1. The summed E-state index contributed by atoms with van der Waals surface area (Å²) in [6.45, 7) is 0. The van der Waals surface area contributed by atoms with Crippen molar-refractivity contribution in [3.05, 3.63) is 41.2 Å². The number of fused-ring (bicyclic) bond motifs is 1. The second-order valence-electron chi connectivity index (χ2n) is 3.32. The number of carbonyl (C=O) groups excluding carboxylic acids is 1. The molecule has 1 aliphatic carbocycles. The molecule has 0 aliphatic heterocycles. The molecule has 1 atom stereocenters. The largest absolute Gasteiger partial charge is 0.281 e. The Morgan fingerprint density at radius 2 is 2.29 bits per heavy atom. The van der Waals surface area contributed by atoms with Gasteiger partial charge in [0.1, 0.15) is 5.82 Å². The number of carbonyl (C=O) groups is 1. The number of hydrogen-bond acceptors (Lipinski definition) is 1. The zero-order valence-corrected chi connectivity index (χ0v) is 8.09. The van der Waals surface area contributed by atoms with Crippen LogP contribution in [0.3, 0.4) is 0 Å². The van der Waals surface area contributed by atoms with Gasteiger partial charge in [-0.25, -0.2) is 4.39 Å². The second-order valence-corrected chi connectivity index (χ2v) is 3.69. The Balaban J connectivity index is 2.36. The molecule has 0 fully saturated rings. The average molecular weight is 211 g/mol. The lowest BCUT2D eigenvalue weighted by Gasteiger charge is -2.15. The first-order chi connectivity index (χ1) is 6.66. The minimum Gasteiger partial charge on any atom is -0.281 e. The molecule has 0 heterocycles. The minimum absolute atomic E-state index is 0.260. The van der Waals surface area contributed by atoms with Crippen molar-refractivity contribution in [3.63, 3.8) is 0 Å². The van der Waals surface area contributed by atoms with Gasteiger partial charge in [-0.05, 0) is 41.3 Å². The summed E-state index contributed by atoms with van der Waals surface area (Å²) in [5.41, 5.74) is 1.80. The van der Waals surface area contributed by atoms with Crippen LogP contribution in [-0.4, -0.2) is 5.24 Å². The van der Waals surface area contributed by atoms with E-state index < -0.39 is 0 Å². The van der Waals surface area contributed by atoms with Crippen molar-refractivity contribution in [2.45, 2.75) is 6.42 Å². The molecule has 3 heteroatoms. The molecule has 0 aromatic heterocycles. The maximum absolute atomic E-state index is 12.8. The fraction of sp³-hybridized carbons (Fsp3) is 0.182. The quantitative estimate of drug-likeness (QED) is 0.652. The molecule has 14 heavy (non-hydrogen) atoms. The predicted molar refractivity (Wildman–Crippen MR) is 53.5 cm³/mol. The van der Waals surface area contributed by atoms with Gasteiger partial charge in [-0.3, -0.25) is 4.79 Å². The first-order valence-electron chi connectivity index (χ1n) is 4.33. The highest BCUT2D eigenvalue weighted by Crippen LogP contribution is 2.24. The molecular formula is C11H8ClFO. The van der Waals surface area contributed by atoms with E-state index in [1.807, 2.05) is 0 Å². The maximum Gasteiger partial charge on any atom is 0.228 e. The van der Waals surface area contributed by atoms with Crippen LogP contribution in [0, 0.1) is 11.7 Å². The van der Waals surface area contributed by atoms with Gasteiger partial charge in [0.15, 0.2) is 0 Å². The standard InChI is InChI=1S/C11H8ClFO/c12-11(14)9-2-1-8-6-10(13)4-3-7(8)5-9/h1-4,6,9H,5H2. The lowest BCUT2D eigenvalue weighted by Crippen LogP contribution is -2.13. The average Bonchev–Trinajstić information content (AvgIpc) is 2.16. The van der Waals surface area contributed by atoms with E-state index in [4.69, 9.17) is 11.6 Å². The summed E-state index contributed by atoms with van der Waals surface area (Å²) in [4.78, 5) is 10.9. The Hall–Kier alpha value is -1.15. The maximum atomic E-state index is 12.8. The first kappa shape index (κ1) is 9.41. The molecule has 0 spiro atoms. The summed E-state index contributed by atoms with van der Waals surface area (Å²) in [7, 11) is 0. The fourth-order valence-corrected chi connectivity index (χ4v) is 1.74. The van der Waals surface area contributed by atoms with E-state index in [-0.39, 0.29) is 17.0 Å². The Labute approximate surface area is 86.2 Å². The number of hydrogen-bond donors (Lipinski definition) is 0. The predicted octanol–water partition coefficient (Wildman–Crippen LogP) is 2.78. The number of benzene rings is 1. The second kappa shape index (κ2) is 3.54. The van der Waals surface area contributed by atoms with Gasteiger partial charge in [-0.1, -0.05) is 18.2 Å². The van der Waals surface area contributed by atoms with Crippen LogP contribution >= 0.6 is 11.6 Å². The zero-order valence-electron chi connectivity index (χ0n) is 7.34. The summed E-state index contributed by atoms with van der Waals surface area (Å²) in [6.07, 6.45) is 4.03. The van der Waals surface area contributed by atoms with Gasteiger partial charge in [0, 0.05) is 0 Å². The number of halogens is 2. The Kier molecular flexibility index (Phi) is 2.38. The van der Waals surface area contributed by atoms with E-state index in [1.54, 1.807) is 18.2 Å². The SMILES string of the molecule is O=C(Cl)C1C=Cc2cc(F)ccc2C1. The molecule has 1 unspecified atom stereocenters. The van der Waals surface area contributed by atoms with Crippen LogP contribution in [0.2, 0.25) is 0 Å². The molecule has 0 saturated heterocycles. The van der Waals surface area contributed by atoms with Gasteiger partial charge in [-0.2, -0.15) is 0 Å². The molecule has 0 amide bonds. The third kappa shape index (κ3) is 1.70. The monoisotopic (exact) mass is 210 g/mol. The van der Waals surface area contributed by atoms with E-state index in [1.165, 1.54) is 12.1 Å². The van der Waals surface area contributed by atoms with Crippen molar-refractivity contribution in [1.82, 2.24) is 0 Å². The van der Waals surface area contributed by atoms with Crippen LogP contribution in [0.15, 0.2) is 24.3 Å². The lowest BCUT2D eigenvalue weighted by atomic mass is 9.90. The molecule has 0 radical (unpaired) electrons. The summed E-state index contributed by atoms with van der Waals surface area (Å²) < 4.78 is 12.8. The van der Waals surface area contributed by atoms with Crippen LogP contribution in [0.25, 0.3) is 6.08 Å². The third-order valence-corrected chi connectivity index (χ3v) is 2.63. The Bertz CT molecular complexity index is 412. The highest BCUT2D eigenvalue weighted by Gasteiger charge is 2.18. The van der Waals surface area contributed by atoms with Crippen molar-refractivity contribution < 1.29 is 9.18 Å². The van der Waals surface area contributed by atoms with Crippen molar-refractivity contribution in [1.29, 1.82) is 0 Å². The molecule has 2 rings (SSSR count). The van der Waals surface area contributed by atoms with E-state index >= 15 is 0 Å². The van der Waals surface area contributed by atoms with Crippen molar-refractivity contribution in [2.75, 3.05) is 0 Å². The van der Waals surface area contributed by atoms with Gasteiger partial charge < -0.3 is 0 Å². The van der Waals surface area contributed by atoms with E-state index in [0.29, 0.717) is 6.42 Å².